The van der Waals surface area contributed by atoms with E-state index in [1.807, 2.05) is 6.07 Å². The summed E-state index contributed by atoms with van der Waals surface area (Å²) < 4.78 is 13.5. The van der Waals surface area contributed by atoms with E-state index in [2.05, 4.69) is 60.1 Å². The van der Waals surface area contributed by atoms with Crippen molar-refractivity contribution in [3.8, 4) is 11.5 Å². The predicted octanol–water partition coefficient (Wildman–Crippen LogP) is 6.27. The van der Waals surface area contributed by atoms with Crippen molar-refractivity contribution in [2.45, 2.75) is 52.5 Å². The molecule has 0 saturated carbocycles. The molecule has 0 aliphatic rings. The van der Waals surface area contributed by atoms with E-state index in [1.165, 1.54) is 16.6 Å². The SMILES string of the molecule is COc1ccc(C(=O)NCCCCCc2nc3ccccc3n2CCCOc2cc(C)cc(C)c2)cc1. The van der Waals surface area contributed by atoms with Crippen LogP contribution in [0, 0.1) is 13.8 Å². The predicted molar refractivity (Wildman–Crippen MR) is 149 cm³/mol. The van der Waals surface area contributed by atoms with Crippen LogP contribution in [0.25, 0.3) is 11.0 Å². The molecule has 1 N–H and O–H groups in total. The molecular formula is C31H37N3O3. The van der Waals surface area contributed by atoms with Crippen molar-refractivity contribution in [3.05, 3.63) is 89.2 Å². The smallest absolute Gasteiger partial charge is 0.251 e. The number of para-hydroxylation sites is 2. The van der Waals surface area contributed by atoms with E-state index in [0.717, 1.165) is 61.5 Å². The largest absolute Gasteiger partial charge is 0.497 e. The molecule has 1 amide bonds. The number of nitrogens with one attached hydrogen (secondary N) is 1. The quantitative estimate of drug-likeness (QED) is 0.220. The van der Waals surface area contributed by atoms with E-state index >= 15 is 0 Å². The number of methoxy groups -OCH3 is 1. The van der Waals surface area contributed by atoms with Crippen LogP contribution in [0.1, 0.15) is 53.0 Å². The van der Waals surface area contributed by atoms with Crippen molar-refractivity contribution in [1.29, 1.82) is 0 Å². The van der Waals surface area contributed by atoms with Gasteiger partial charge in [-0.05, 0) is 92.8 Å². The maximum absolute atomic E-state index is 12.3. The number of ether oxygens (including phenoxy) is 2. The van der Waals surface area contributed by atoms with Gasteiger partial charge in [-0.1, -0.05) is 24.6 Å². The van der Waals surface area contributed by atoms with Gasteiger partial charge < -0.3 is 19.4 Å². The summed E-state index contributed by atoms with van der Waals surface area (Å²) in [6.45, 7) is 6.40. The van der Waals surface area contributed by atoms with Crippen molar-refractivity contribution in [2.75, 3.05) is 20.3 Å². The van der Waals surface area contributed by atoms with Crippen LogP contribution in [-0.4, -0.2) is 35.7 Å². The minimum Gasteiger partial charge on any atom is -0.497 e. The van der Waals surface area contributed by atoms with Gasteiger partial charge in [0.1, 0.15) is 17.3 Å². The van der Waals surface area contributed by atoms with Crippen LogP contribution in [0.3, 0.4) is 0 Å². The molecule has 4 aromatic rings. The van der Waals surface area contributed by atoms with Crippen molar-refractivity contribution in [1.82, 2.24) is 14.9 Å². The third-order valence-electron chi connectivity index (χ3n) is 6.44. The van der Waals surface area contributed by atoms with Crippen LogP contribution in [0.15, 0.2) is 66.7 Å². The number of carbonyl (C=O) groups excluding carboxylic acids is 1. The minimum absolute atomic E-state index is 0.0486. The van der Waals surface area contributed by atoms with E-state index in [4.69, 9.17) is 14.5 Å². The van der Waals surface area contributed by atoms with Gasteiger partial charge in [-0.2, -0.15) is 0 Å². The minimum atomic E-state index is -0.0486. The Kier molecular flexibility index (Phi) is 9.19. The normalized spacial score (nSPS) is 11.0. The Morgan fingerprint density at radius 1 is 0.892 bits per heavy atom. The Morgan fingerprint density at radius 2 is 1.65 bits per heavy atom. The van der Waals surface area contributed by atoms with Gasteiger partial charge >= 0.3 is 0 Å². The lowest BCUT2D eigenvalue weighted by atomic mass is 10.1. The molecule has 6 heteroatoms. The molecule has 1 aromatic heterocycles. The first kappa shape index (κ1) is 26.3. The van der Waals surface area contributed by atoms with Crippen LogP contribution >= 0.6 is 0 Å². The van der Waals surface area contributed by atoms with E-state index in [9.17, 15) is 4.79 Å². The van der Waals surface area contributed by atoms with Crippen LogP contribution < -0.4 is 14.8 Å². The number of amides is 1. The van der Waals surface area contributed by atoms with E-state index < -0.39 is 0 Å². The monoisotopic (exact) mass is 499 g/mol. The van der Waals surface area contributed by atoms with Gasteiger partial charge in [-0.15, -0.1) is 0 Å². The number of hydrogen-bond donors (Lipinski definition) is 1. The molecule has 0 aliphatic carbocycles. The molecule has 0 atom stereocenters. The molecule has 4 rings (SSSR count). The molecular weight excluding hydrogens is 462 g/mol. The molecule has 0 saturated heterocycles. The van der Waals surface area contributed by atoms with E-state index in [0.29, 0.717) is 18.7 Å². The number of aromatic nitrogens is 2. The number of imidazole rings is 1. The topological polar surface area (TPSA) is 65.4 Å². The number of benzene rings is 3. The molecule has 0 unspecified atom stereocenters. The standard InChI is InChI=1S/C31H37N3O3/c1-23-20-24(2)22-27(21-23)37-19-9-18-34-29-11-7-6-10-28(29)33-30(34)12-5-4-8-17-32-31(35)25-13-15-26(36-3)16-14-25/h6-7,10-11,13-16,20-22H,4-5,8-9,12,17-19H2,1-3H3,(H,32,35). The molecule has 0 aliphatic heterocycles. The highest BCUT2D eigenvalue weighted by atomic mass is 16.5. The fourth-order valence-electron chi connectivity index (χ4n) is 4.63. The lowest BCUT2D eigenvalue weighted by Gasteiger charge is -2.11. The molecule has 0 radical (unpaired) electrons. The summed E-state index contributed by atoms with van der Waals surface area (Å²) in [5.41, 5.74) is 5.31. The Hall–Kier alpha value is -3.80. The van der Waals surface area contributed by atoms with Crippen molar-refractivity contribution < 1.29 is 14.3 Å². The summed E-state index contributed by atoms with van der Waals surface area (Å²) in [5, 5.41) is 3.01. The highest BCUT2D eigenvalue weighted by Crippen LogP contribution is 2.20. The van der Waals surface area contributed by atoms with Crippen molar-refractivity contribution in [3.63, 3.8) is 0 Å². The third-order valence-corrected chi connectivity index (χ3v) is 6.44. The van der Waals surface area contributed by atoms with Crippen molar-refractivity contribution in [2.24, 2.45) is 0 Å². The van der Waals surface area contributed by atoms with Crippen molar-refractivity contribution >= 4 is 16.9 Å². The fourth-order valence-corrected chi connectivity index (χ4v) is 4.63. The number of rotatable bonds is 13. The number of hydrogen-bond acceptors (Lipinski definition) is 4. The Labute approximate surface area is 219 Å². The van der Waals surface area contributed by atoms with Crippen LogP contribution in [-0.2, 0) is 13.0 Å². The van der Waals surface area contributed by atoms with Crippen LogP contribution in [0.5, 0.6) is 11.5 Å². The van der Waals surface area contributed by atoms with E-state index in [-0.39, 0.29) is 5.91 Å². The second kappa shape index (κ2) is 12.9. The lowest BCUT2D eigenvalue weighted by Crippen LogP contribution is -2.24. The van der Waals surface area contributed by atoms with Crippen LogP contribution in [0.2, 0.25) is 0 Å². The summed E-state index contributed by atoms with van der Waals surface area (Å²) in [6.07, 6.45) is 4.82. The summed E-state index contributed by atoms with van der Waals surface area (Å²) in [5.74, 6) is 2.76. The Balaban J connectivity index is 1.24. The summed E-state index contributed by atoms with van der Waals surface area (Å²) in [6, 6.07) is 21.8. The number of fused-ring (bicyclic) bond motifs is 1. The molecule has 37 heavy (non-hydrogen) atoms. The van der Waals surface area contributed by atoms with Gasteiger partial charge in [-0.25, -0.2) is 4.98 Å². The van der Waals surface area contributed by atoms with Gasteiger partial charge in [0.25, 0.3) is 5.91 Å². The maximum Gasteiger partial charge on any atom is 0.251 e. The first-order valence-electron chi connectivity index (χ1n) is 13.1. The number of aryl methyl sites for hydroxylation is 4. The lowest BCUT2D eigenvalue weighted by molar-refractivity contribution is 0.0953. The number of nitrogens with zero attached hydrogens (tertiary/aromatic N) is 2. The first-order valence-corrected chi connectivity index (χ1v) is 13.1. The third kappa shape index (κ3) is 7.35. The zero-order chi connectivity index (χ0) is 26.0. The summed E-state index contributed by atoms with van der Waals surface area (Å²) in [4.78, 5) is 17.2. The molecule has 0 spiro atoms. The highest BCUT2D eigenvalue weighted by Gasteiger charge is 2.11. The van der Waals surface area contributed by atoms with Gasteiger partial charge in [0.2, 0.25) is 0 Å². The average Bonchev–Trinajstić information content (AvgIpc) is 3.25. The zero-order valence-corrected chi connectivity index (χ0v) is 22.1. The first-order chi connectivity index (χ1) is 18.0. The maximum atomic E-state index is 12.3. The van der Waals surface area contributed by atoms with Gasteiger partial charge in [0.15, 0.2) is 0 Å². The fraction of sp³-hybridized carbons (Fsp3) is 0.355. The Morgan fingerprint density at radius 3 is 2.41 bits per heavy atom. The Bertz CT molecular complexity index is 1290. The van der Waals surface area contributed by atoms with Gasteiger partial charge in [-0.3, -0.25) is 4.79 Å². The summed E-state index contributed by atoms with van der Waals surface area (Å²) in [7, 11) is 1.62. The highest BCUT2D eigenvalue weighted by molar-refractivity contribution is 5.94. The summed E-state index contributed by atoms with van der Waals surface area (Å²) >= 11 is 0. The molecule has 194 valence electrons. The van der Waals surface area contributed by atoms with E-state index in [1.54, 1.807) is 31.4 Å². The van der Waals surface area contributed by atoms with Crippen LogP contribution in [0.4, 0.5) is 0 Å². The number of carbonyl (C=O) groups is 1. The second-order valence-electron chi connectivity index (χ2n) is 9.49. The molecule has 3 aromatic carbocycles. The molecule has 0 fully saturated rings. The second-order valence-corrected chi connectivity index (χ2v) is 9.49. The zero-order valence-electron chi connectivity index (χ0n) is 22.1. The van der Waals surface area contributed by atoms with Gasteiger partial charge in [0.05, 0.1) is 24.8 Å². The molecule has 0 bridgehead atoms. The average molecular weight is 500 g/mol. The number of unbranched alkanes of at least 4 members (excludes halogenated alkanes) is 2. The van der Waals surface area contributed by atoms with Gasteiger partial charge in [0, 0.05) is 25.1 Å². The molecule has 1 heterocycles. The molecule has 6 nitrogen and oxygen atoms in total.